The first-order valence-electron chi connectivity index (χ1n) is 6.05. The van der Waals surface area contributed by atoms with Gasteiger partial charge in [-0.2, -0.15) is 0 Å². The van der Waals surface area contributed by atoms with E-state index in [-0.39, 0.29) is 5.69 Å². The van der Waals surface area contributed by atoms with E-state index in [0.29, 0.717) is 12.0 Å². The summed E-state index contributed by atoms with van der Waals surface area (Å²) in [5.41, 5.74) is 0.0847. The highest BCUT2D eigenvalue weighted by Gasteiger charge is 2.06. The van der Waals surface area contributed by atoms with E-state index < -0.39 is 0 Å². The van der Waals surface area contributed by atoms with Crippen LogP contribution >= 0.6 is 0 Å². The van der Waals surface area contributed by atoms with Gasteiger partial charge < -0.3 is 5.32 Å². The summed E-state index contributed by atoms with van der Waals surface area (Å²) in [5, 5.41) is 3.42. The molecule has 0 amide bonds. The Morgan fingerprint density at radius 1 is 1.25 bits per heavy atom. The first-order chi connectivity index (χ1) is 7.56. The van der Waals surface area contributed by atoms with Crippen molar-refractivity contribution in [2.45, 2.75) is 46.8 Å². The molecular weight excluding hydrogens is 202 g/mol. The topological polar surface area (TPSA) is 39.0 Å². The summed E-state index contributed by atoms with van der Waals surface area (Å²) in [4.78, 5) is 11.7. The van der Waals surface area contributed by atoms with E-state index in [9.17, 15) is 4.79 Å². The Morgan fingerprint density at radius 3 is 2.38 bits per heavy atom. The Balaban J connectivity index is 2.43. The zero-order valence-electron chi connectivity index (χ0n) is 10.7. The van der Waals surface area contributed by atoms with Crippen molar-refractivity contribution >= 4 is 0 Å². The van der Waals surface area contributed by atoms with E-state index in [2.05, 4.69) is 26.1 Å². The molecule has 0 bridgehead atoms. The van der Waals surface area contributed by atoms with Crippen LogP contribution in [0.5, 0.6) is 0 Å². The van der Waals surface area contributed by atoms with Gasteiger partial charge in [-0.05, 0) is 19.8 Å². The number of rotatable bonds is 6. The van der Waals surface area contributed by atoms with Crippen LogP contribution in [0.15, 0.2) is 17.2 Å². The molecule has 16 heavy (non-hydrogen) atoms. The molecule has 0 aromatic carbocycles. The quantitative estimate of drug-likeness (QED) is 0.792. The molecule has 92 valence electrons. The van der Waals surface area contributed by atoms with Crippen LogP contribution in [0.1, 0.15) is 27.7 Å². The molecule has 0 saturated carbocycles. The van der Waals surface area contributed by atoms with Crippen LogP contribution in [-0.2, 0) is 13.1 Å². The molecule has 0 radical (unpaired) electrons. The fourth-order valence-corrected chi connectivity index (χ4v) is 1.51. The summed E-state index contributed by atoms with van der Waals surface area (Å²) in [7, 11) is 0. The lowest BCUT2D eigenvalue weighted by Crippen LogP contribution is -2.35. The van der Waals surface area contributed by atoms with E-state index in [4.69, 9.17) is 0 Å². The summed E-state index contributed by atoms with van der Waals surface area (Å²) in [5.74, 6) is 0.622. The molecule has 1 unspecified atom stereocenters. The Kier molecular flexibility index (Phi) is 4.80. The SMILES string of the molecule is CCn1ccn(CCNC(C)C(C)C)c1=O. The van der Waals surface area contributed by atoms with Gasteiger partial charge in [0.05, 0.1) is 0 Å². The molecule has 0 aliphatic carbocycles. The van der Waals surface area contributed by atoms with E-state index in [0.717, 1.165) is 19.6 Å². The smallest absolute Gasteiger partial charge is 0.312 e. The molecule has 4 nitrogen and oxygen atoms in total. The van der Waals surface area contributed by atoms with Gasteiger partial charge in [-0.15, -0.1) is 0 Å². The van der Waals surface area contributed by atoms with E-state index >= 15 is 0 Å². The molecule has 0 aliphatic rings. The highest BCUT2D eigenvalue weighted by atomic mass is 16.1. The molecular formula is C12H23N3O. The minimum absolute atomic E-state index is 0.0847. The maximum absolute atomic E-state index is 11.7. The number of nitrogens with zero attached hydrogens (tertiary/aromatic N) is 2. The standard InChI is InChI=1S/C12H23N3O/c1-5-14-8-9-15(12(14)16)7-6-13-11(4)10(2)3/h8-11,13H,5-7H2,1-4H3. The number of imidazole rings is 1. The summed E-state index contributed by atoms with van der Waals surface area (Å²) >= 11 is 0. The van der Waals surface area contributed by atoms with Crippen LogP contribution in [0.4, 0.5) is 0 Å². The van der Waals surface area contributed by atoms with Gasteiger partial charge >= 0.3 is 5.69 Å². The van der Waals surface area contributed by atoms with Crippen molar-refractivity contribution in [2.75, 3.05) is 6.54 Å². The van der Waals surface area contributed by atoms with Gasteiger partial charge in [-0.1, -0.05) is 13.8 Å². The van der Waals surface area contributed by atoms with Crippen molar-refractivity contribution in [3.05, 3.63) is 22.9 Å². The molecule has 1 aromatic heterocycles. The molecule has 0 fully saturated rings. The fourth-order valence-electron chi connectivity index (χ4n) is 1.51. The van der Waals surface area contributed by atoms with E-state index in [1.807, 2.05) is 19.3 Å². The van der Waals surface area contributed by atoms with Gasteiger partial charge in [-0.3, -0.25) is 9.13 Å². The molecule has 1 atom stereocenters. The molecule has 0 saturated heterocycles. The molecule has 1 N–H and O–H groups in total. The van der Waals surface area contributed by atoms with Gasteiger partial charge in [0.15, 0.2) is 0 Å². The molecule has 1 heterocycles. The third-order valence-electron chi connectivity index (χ3n) is 3.08. The molecule has 0 spiro atoms. The van der Waals surface area contributed by atoms with Crippen LogP contribution in [0.25, 0.3) is 0 Å². The van der Waals surface area contributed by atoms with Gasteiger partial charge in [0.2, 0.25) is 0 Å². The van der Waals surface area contributed by atoms with E-state index in [1.165, 1.54) is 0 Å². The van der Waals surface area contributed by atoms with Crippen LogP contribution in [0.2, 0.25) is 0 Å². The Hall–Kier alpha value is -1.03. The van der Waals surface area contributed by atoms with Crippen molar-refractivity contribution < 1.29 is 0 Å². The zero-order chi connectivity index (χ0) is 12.1. The average molecular weight is 225 g/mol. The maximum Gasteiger partial charge on any atom is 0.328 e. The van der Waals surface area contributed by atoms with Gasteiger partial charge in [0.1, 0.15) is 0 Å². The van der Waals surface area contributed by atoms with Crippen LogP contribution < -0.4 is 11.0 Å². The number of aromatic nitrogens is 2. The number of aryl methyl sites for hydroxylation is 1. The highest BCUT2D eigenvalue weighted by Crippen LogP contribution is 1.98. The largest absolute Gasteiger partial charge is 0.328 e. The normalized spacial score (nSPS) is 13.3. The van der Waals surface area contributed by atoms with Crippen molar-refractivity contribution in [3.63, 3.8) is 0 Å². The maximum atomic E-state index is 11.7. The van der Waals surface area contributed by atoms with Crippen molar-refractivity contribution in [3.8, 4) is 0 Å². The Labute approximate surface area is 97.3 Å². The van der Waals surface area contributed by atoms with Crippen molar-refractivity contribution in [2.24, 2.45) is 5.92 Å². The van der Waals surface area contributed by atoms with Gasteiger partial charge in [0.25, 0.3) is 0 Å². The van der Waals surface area contributed by atoms with E-state index in [1.54, 1.807) is 9.13 Å². The first-order valence-corrected chi connectivity index (χ1v) is 6.05. The average Bonchev–Trinajstić information content (AvgIpc) is 2.59. The third kappa shape index (κ3) is 3.23. The second-order valence-electron chi connectivity index (χ2n) is 4.55. The summed E-state index contributed by atoms with van der Waals surface area (Å²) < 4.78 is 3.47. The lowest BCUT2D eigenvalue weighted by molar-refractivity contribution is 0.414. The third-order valence-corrected chi connectivity index (χ3v) is 3.08. The van der Waals surface area contributed by atoms with Crippen LogP contribution in [0, 0.1) is 5.92 Å². The minimum Gasteiger partial charge on any atom is -0.312 e. The van der Waals surface area contributed by atoms with Gasteiger partial charge in [-0.25, -0.2) is 4.79 Å². The predicted molar refractivity (Wildman–Crippen MR) is 66.7 cm³/mol. The molecule has 0 aliphatic heterocycles. The van der Waals surface area contributed by atoms with Crippen LogP contribution in [-0.4, -0.2) is 21.7 Å². The highest BCUT2D eigenvalue weighted by molar-refractivity contribution is 4.81. The summed E-state index contributed by atoms with van der Waals surface area (Å²) in [6.45, 7) is 10.8. The monoisotopic (exact) mass is 225 g/mol. The lowest BCUT2D eigenvalue weighted by atomic mass is 10.1. The Bertz CT molecular complexity index is 365. The second-order valence-corrected chi connectivity index (χ2v) is 4.55. The number of hydrogen-bond donors (Lipinski definition) is 1. The zero-order valence-corrected chi connectivity index (χ0v) is 10.7. The Morgan fingerprint density at radius 2 is 1.88 bits per heavy atom. The molecule has 4 heteroatoms. The fraction of sp³-hybridized carbons (Fsp3) is 0.750. The summed E-state index contributed by atoms with van der Waals surface area (Å²) in [6, 6.07) is 0.490. The van der Waals surface area contributed by atoms with Gasteiger partial charge in [0, 0.05) is 38.1 Å². The van der Waals surface area contributed by atoms with Crippen molar-refractivity contribution in [1.82, 2.24) is 14.5 Å². The van der Waals surface area contributed by atoms with Crippen molar-refractivity contribution in [1.29, 1.82) is 0 Å². The number of nitrogens with one attached hydrogen (secondary N) is 1. The second kappa shape index (κ2) is 5.89. The molecule has 1 aromatic rings. The minimum atomic E-state index is 0.0847. The number of hydrogen-bond acceptors (Lipinski definition) is 2. The van der Waals surface area contributed by atoms with Crippen LogP contribution in [0.3, 0.4) is 0 Å². The molecule has 1 rings (SSSR count). The first kappa shape index (κ1) is 13.0. The lowest BCUT2D eigenvalue weighted by Gasteiger charge is -2.17. The summed E-state index contributed by atoms with van der Waals surface area (Å²) in [6.07, 6.45) is 3.70. The predicted octanol–water partition coefficient (Wildman–Crippen LogP) is 1.30.